The van der Waals surface area contributed by atoms with E-state index in [4.69, 9.17) is 9.26 Å². The first-order valence-corrected chi connectivity index (χ1v) is 10.1. The maximum Gasteiger partial charge on any atom is 0.237 e. The SMILES string of the molecule is COc1cccc(-c2noc(CSc3nnnn3-c3ccc(C(C)C)cc3)n2)c1. The third kappa shape index (κ3) is 4.29. The lowest BCUT2D eigenvalue weighted by Crippen LogP contribution is -2.00. The van der Waals surface area contributed by atoms with Crippen LogP contribution in [0.15, 0.2) is 58.2 Å². The van der Waals surface area contributed by atoms with Crippen LogP contribution in [0.25, 0.3) is 17.1 Å². The lowest BCUT2D eigenvalue weighted by Gasteiger charge is -2.07. The summed E-state index contributed by atoms with van der Waals surface area (Å²) in [4.78, 5) is 4.46. The second-order valence-corrected chi connectivity index (χ2v) is 7.59. The number of nitrogens with zero attached hydrogens (tertiary/aromatic N) is 6. The van der Waals surface area contributed by atoms with Gasteiger partial charge in [-0.2, -0.15) is 9.67 Å². The van der Waals surface area contributed by atoms with Crippen LogP contribution in [0, 0.1) is 0 Å². The van der Waals surface area contributed by atoms with Crippen molar-refractivity contribution in [2.45, 2.75) is 30.7 Å². The minimum Gasteiger partial charge on any atom is -0.497 e. The molecule has 0 fully saturated rings. The Kier molecular flexibility index (Phi) is 5.57. The quantitative estimate of drug-likeness (QED) is 0.421. The zero-order valence-electron chi connectivity index (χ0n) is 16.3. The standard InChI is InChI=1S/C20H20N6O2S/c1-13(2)14-7-9-16(10-8-14)26-20(22-24-25-26)29-12-18-21-19(23-28-18)15-5-4-6-17(11-15)27-3/h4-11,13H,12H2,1-3H3. The zero-order valence-corrected chi connectivity index (χ0v) is 17.1. The molecule has 2 aromatic carbocycles. The normalized spacial score (nSPS) is 11.2. The molecule has 4 aromatic rings. The van der Waals surface area contributed by atoms with Gasteiger partial charge in [0.1, 0.15) is 5.75 Å². The first-order chi connectivity index (χ1) is 14.1. The van der Waals surface area contributed by atoms with Gasteiger partial charge < -0.3 is 9.26 Å². The van der Waals surface area contributed by atoms with E-state index in [0.29, 0.717) is 28.5 Å². The molecule has 0 aliphatic carbocycles. The molecule has 0 amide bonds. The van der Waals surface area contributed by atoms with Gasteiger partial charge in [0.15, 0.2) is 0 Å². The minimum atomic E-state index is 0.460. The number of thioether (sulfide) groups is 1. The summed E-state index contributed by atoms with van der Waals surface area (Å²) in [7, 11) is 1.62. The van der Waals surface area contributed by atoms with Crippen LogP contribution in [0.3, 0.4) is 0 Å². The lowest BCUT2D eigenvalue weighted by molar-refractivity contribution is 0.391. The van der Waals surface area contributed by atoms with Crippen molar-refractivity contribution in [3.8, 4) is 22.8 Å². The Bertz CT molecular complexity index is 1090. The van der Waals surface area contributed by atoms with Crippen LogP contribution in [0.2, 0.25) is 0 Å². The monoisotopic (exact) mass is 408 g/mol. The lowest BCUT2D eigenvalue weighted by atomic mass is 10.0. The molecule has 8 nitrogen and oxygen atoms in total. The Morgan fingerprint density at radius 1 is 1.14 bits per heavy atom. The molecule has 9 heteroatoms. The highest BCUT2D eigenvalue weighted by Crippen LogP contribution is 2.25. The molecule has 0 bridgehead atoms. The van der Waals surface area contributed by atoms with E-state index in [1.807, 2.05) is 36.4 Å². The minimum absolute atomic E-state index is 0.460. The van der Waals surface area contributed by atoms with E-state index in [1.165, 1.54) is 17.3 Å². The van der Waals surface area contributed by atoms with Crippen molar-refractivity contribution < 1.29 is 9.26 Å². The van der Waals surface area contributed by atoms with Crippen LogP contribution in [-0.4, -0.2) is 37.5 Å². The fourth-order valence-corrected chi connectivity index (χ4v) is 3.48. The molecular formula is C20H20N6O2S. The zero-order chi connectivity index (χ0) is 20.2. The number of rotatable bonds is 7. The summed E-state index contributed by atoms with van der Waals surface area (Å²) < 4.78 is 12.3. The third-order valence-corrected chi connectivity index (χ3v) is 5.27. The van der Waals surface area contributed by atoms with Gasteiger partial charge in [-0.25, -0.2) is 0 Å². The van der Waals surface area contributed by atoms with Gasteiger partial charge in [-0.3, -0.25) is 0 Å². The summed E-state index contributed by atoms with van der Waals surface area (Å²) in [6.07, 6.45) is 0. The summed E-state index contributed by atoms with van der Waals surface area (Å²) in [5.74, 6) is 2.69. The van der Waals surface area contributed by atoms with Crippen LogP contribution >= 0.6 is 11.8 Å². The maximum atomic E-state index is 5.38. The first kappa shape index (κ1) is 19.1. The number of tetrazole rings is 1. The summed E-state index contributed by atoms with van der Waals surface area (Å²) in [6, 6.07) is 15.7. The van der Waals surface area contributed by atoms with Gasteiger partial charge in [-0.15, -0.1) is 5.10 Å². The van der Waals surface area contributed by atoms with E-state index >= 15 is 0 Å². The van der Waals surface area contributed by atoms with Crippen molar-refractivity contribution in [3.05, 3.63) is 60.0 Å². The Hall–Kier alpha value is -3.20. The number of hydrogen-bond donors (Lipinski definition) is 0. The van der Waals surface area contributed by atoms with E-state index in [9.17, 15) is 0 Å². The molecule has 0 unspecified atom stereocenters. The molecule has 0 radical (unpaired) electrons. The molecule has 0 N–H and O–H groups in total. The molecule has 0 atom stereocenters. The van der Waals surface area contributed by atoms with Crippen LogP contribution < -0.4 is 4.74 Å². The van der Waals surface area contributed by atoms with Crippen molar-refractivity contribution in [1.29, 1.82) is 0 Å². The predicted molar refractivity (Wildman–Crippen MR) is 109 cm³/mol. The van der Waals surface area contributed by atoms with Gasteiger partial charge in [0, 0.05) is 5.56 Å². The van der Waals surface area contributed by atoms with Crippen molar-refractivity contribution in [2.75, 3.05) is 7.11 Å². The van der Waals surface area contributed by atoms with Gasteiger partial charge in [0.05, 0.1) is 18.6 Å². The van der Waals surface area contributed by atoms with Gasteiger partial charge in [0.25, 0.3) is 0 Å². The maximum absolute atomic E-state index is 5.38. The summed E-state index contributed by atoms with van der Waals surface area (Å²) >= 11 is 1.43. The highest BCUT2D eigenvalue weighted by atomic mass is 32.2. The van der Waals surface area contributed by atoms with Crippen molar-refractivity contribution in [2.24, 2.45) is 0 Å². The Morgan fingerprint density at radius 3 is 2.72 bits per heavy atom. The second kappa shape index (κ2) is 8.44. The van der Waals surface area contributed by atoms with E-state index in [2.05, 4.69) is 51.6 Å². The van der Waals surface area contributed by atoms with Gasteiger partial charge in [-0.1, -0.05) is 55.0 Å². The second-order valence-electron chi connectivity index (χ2n) is 6.65. The highest BCUT2D eigenvalue weighted by molar-refractivity contribution is 7.98. The van der Waals surface area contributed by atoms with Gasteiger partial charge in [0.2, 0.25) is 16.9 Å². The predicted octanol–water partition coefficient (Wildman–Crippen LogP) is 4.14. The molecular weight excluding hydrogens is 388 g/mol. The smallest absolute Gasteiger partial charge is 0.237 e. The van der Waals surface area contributed by atoms with Crippen LogP contribution in [0.1, 0.15) is 31.2 Å². The summed E-state index contributed by atoms with van der Waals surface area (Å²) in [5, 5.41) is 16.7. The molecule has 0 aliphatic heterocycles. The van der Waals surface area contributed by atoms with E-state index in [-0.39, 0.29) is 0 Å². The molecule has 4 rings (SSSR count). The molecule has 0 aliphatic rings. The van der Waals surface area contributed by atoms with Crippen molar-refractivity contribution in [1.82, 2.24) is 30.3 Å². The fourth-order valence-electron chi connectivity index (χ4n) is 2.75. The van der Waals surface area contributed by atoms with Gasteiger partial charge >= 0.3 is 0 Å². The topological polar surface area (TPSA) is 91.8 Å². The van der Waals surface area contributed by atoms with Crippen LogP contribution in [0.4, 0.5) is 0 Å². The fraction of sp³-hybridized carbons (Fsp3) is 0.250. The van der Waals surface area contributed by atoms with Gasteiger partial charge in [-0.05, 0) is 46.2 Å². The molecule has 0 spiro atoms. The summed E-state index contributed by atoms with van der Waals surface area (Å²) in [5.41, 5.74) is 3.01. The average molecular weight is 408 g/mol. The molecule has 2 heterocycles. The largest absolute Gasteiger partial charge is 0.497 e. The van der Waals surface area contributed by atoms with Crippen LogP contribution in [-0.2, 0) is 5.75 Å². The number of benzene rings is 2. The number of methoxy groups -OCH3 is 1. The van der Waals surface area contributed by atoms with E-state index < -0.39 is 0 Å². The average Bonchev–Trinajstić information content (AvgIpc) is 3.42. The number of hydrogen-bond acceptors (Lipinski definition) is 8. The van der Waals surface area contributed by atoms with E-state index in [0.717, 1.165) is 17.0 Å². The van der Waals surface area contributed by atoms with Crippen molar-refractivity contribution >= 4 is 11.8 Å². The highest BCUT2D eigenvalue weighted by Gasteiger charge is 2.14. The number of ether oxygens (including phenoxy) is 1. The molecule has 0 saturated heterocycles. The Morgan fingerprint density at radius 2 is 1.97 bits per heavy atom. The molecule has 29 heavy (non-hydrogen) atoms. The van der Waals surface area contributed by atoms with Crippen LogP contribution in [0.5, 0.6) is 5.75 Å². The summed E-state index contributed by atoms with van der Waals surface area (Å²) in [6.45, 7) is 4.33. The number of aromatic nitrogens is 6. The molecule has 148 valence electrons. The third-order valence-electron chi connectivity index (χ3n) is 4.37. The Labute approximate surface area is 172 Å². The van der Waals surface area contributed by atoms with E-state index in [1.54, 1.807) is 11.8 Å². The Balaban J connectivity index is 1.47. The molecule has 2 aromatic heterocycles. The first-order valence-electron chi connectivity index (χ1n) is 9.12. The molecule has 0 saturated carbocycles. The van der Waals surface area contributed by atoms with Crippen molar-refractivity contribution in [3.63, 3.8) is 0 Å².